The quantitative estimate of drug-likeness (QED) is 0.210. The lowest BCUT2D eigenvalue weighted by Crippen LogP contribution is -2.60. The molecule has 0 radical (unpaired) electrons. The van der Waals surface area contributed by atoms with Crippen molar-refractivity contribution in [3.63, 3.8) is 0 Å². The van der Waals surface area contributed by atoms with E-state index >= 15 is 0 Å². The maximum Gasteiger partial charge on any atom is 0.152 e. The molecule has 0 spiro atoms. The van der Waals surface area contributed by atoms with Crippen molar-refractivity contribution in [3.8, 4) is 16.8 Å². The molecule has 3 heterocycles. The van der Waals surface area contributed by atoms with Crippen molar-refractivity contribution in [2.75, 3.05) is 5.32 Å². The van der Waals surface area contributed by atoms with E-state index in [1.54, 1.807) is 0 Å². The van der Waals surface area contributed by atoms with E-state index in [2.05, 4.69) is 116 Å². The van der Waals surface area contributed by atoms with Gasteiger partial charge >= 0.3 is 0 Å². The first kappa shape index (κ1) is 26.4. The number of aromatic nitrogens is 2. The number of hydrogen-bond acceptors (Lipinski definition) is 4. The SMILES string of the molecule is CC1(C)CC(Nc2cc(-n3c4ccccc4c4c(-c5cnc6ccccc6c5)cccc43)ccc2C=O)CC(C)(C)N1. The largest absolute Gasteiger partial charge is 0.382 e. The van der Waals surface area contributed by atoms with Crippen LogP contribution in [0.4, 0.5) is 5.69 Å². The van der Waals surface area contributed by atoms with Gasteiger partial charge in [-0.2, -0.15) is 0 Å². The lowest BCUT2D eigenvalue weighted by atomic mass is 9.79. The number of pyridine rings is 1. The van der Waals surface area contributed by atoms with Crippen molar-refractivity contribution in [2.24, 2.45) is 0 Å². The van der Waals surface area contributed by atoms with E-state index in [4.69, 9.17) is 4.98 Å². The first-order chi connectivity index (χ1) is 20.2. The van der Waals surface area contributed by atoms with Crippen molar-refractivity contribution in [2.45, 2.75) is 57.7 Å². The summed E-state index contributed by atoms with van der Waals surface area (Å²) >= 11 is 0. The predicted octanol–water partition coefficient (Wildman–Crippen LogP) is 8.53. The molecule has 7 rings (SSSR count). The average molecular weight is 553 g/mol. The van der Waals surface area contributed by atoms with Gasteiger partial charge in [-0.15, -0.1) is 0 Å². The minimum atomic E-state index is -0.000770. The lowest BCUT2D eigenvalue weighted by Gasteiger charge is -2.47. The molecule has 1 aliphatic rings. The summed E-state index contributed by atoms with van der Waals surface area (Å²) in [5, 5.41) is 11.0. The third-order valence-corrected chi connectivity index (χ3v) is 8.57. The Morgan fingerprint density at radius 3 is 2.40 bits per heavy atom. The summed E-state index contributed by atoms with van der Waals surface area (Å²) in [5.74, 6) is 0. The van der Waals surface area contributed by atoms with Crippen LogP contribution >= 0.6 is 0 Å². The van der Waals surface area contributed by atoms with Crippen molar-refractivity contribution in [1.29, 1.82) is 0 Å². The Bertz CT molecular complexity index is 1970. The fraction of sp³-hybridized carbons (Fsp3) is 0.243. The van der Waals surface area contributed by atoms with Crippen molar-refractivity contribution in [3.05, 3.63) is 103 Å². The molecule has 5 nitrogen and oxygen atoms in total. The smallest absolute Gasteiger partial charge is 0.152 e. The highest BCUT2D eigenvalue weighted by atomic mass is 16.1. The van der Waals surface area contributed by atoms with Gasteiger partial charge in [0, 0.05) is 62.0 Å². The number of hydrogen-bond donors (Lipinski definition) is 2. The van der Waals surface area contributed by atoms with Crippen molar-refractivity contribution in [1.82, 2.24) is 14.9 Å². The molecular weight excluding hydrogens is 516 g/mol. The topological polar surface area (TPSA) is 59.0 Å². The van der Waals surface area contributed by atoms with Gasteiger partial charge in [-0.3, -0.25) is 9.78 Å². The van der Waals surface area contributed by atoms with Gasteiger partial charge in [-0.05, 0) is 88.6 Å². The van der Waals surface area contributed by atoms with Gasteiger partial charge in [0.2, 0.25) is 0 Å². The lowest BCUT2D eigenvalue weighted by molar-refractivity contribution is 0.112. The van der Waals surface area contributed by atoms with Crippen molar-refractivity contribution < 1.29 is 4.79 Å². The number of nitrogens with zero attached hydrogens (tertiary/aromatic N) is 2. The van der Waals surface area contributed by atoms with Gasteiger partial charge in [-0.1, -0.05) is 48.5 Å². The van der Waals surface area contributed by atoms with Crippen LogP contribution in [0.1, 0.15) is 50.9 Å². The van der Waals surface area contributed by atoms with E-state index in [0.717, 1.165) is 63.6 Å². The molecule has 1 aliphatic heterocycles. The van der Waals surface area contributed by atoms with Crippen LogP contribution in [0.3, 0.4) is 0 Å². The molecule has 0 amide bonds. The molecule has 2 aromatic heterocycles. The maximum absolute atomic E-state index is 12.2. The fourth-order valence-electron chi connectivity index (χ4n) is 7.31. The molecule has 0 unspecified atom stereocenters. The van der Waals surface area contributed by atoms with E-state index < -0.39 is 0 Å². The number of nitrogens with one attached hydrogen (secondary N) is 2. The van der Waals surface area contributed by atoms with E-state index in [-0.39, 0.29) is 17.1 Å². The first-order valence-electron chi connectivity index (χ1n) is 14.7. The number of carbonyl (C=O) groups is 1. The third kappa shape index (κ3) is 4.64. The zero-order valence-electron chi connectivity index (χ0n) is 24.6. The summed E-state index contributed by atoms with van der Waals surface area (Å²) in [7, 11) is 0. The molecule has 42 heavy (non-hydrogen) atoms. The van der Waals surface area contributed by atoms with Gasteiger partial charge in [0.25, 0.3) is 0 Å². The van der Waals surface area contributed by atoms with E-state index in [0.29, 0.717) is 5.56 Å². The van der Waals surface area contributed by atoms with E-state index in [1.165, 1.54) is 10.8 Å². The van der Waals surface area contributed by atoms with Crippen LogP contribution in [0.2, 0.25) is 0 Å². The Hall–Kier alpha value is -4.48. The summed E-state index contributed by atoms with van der Waals surface area (Å²) in [6.07, 6.45) is 4.88. The summed E-state index contributed by atoms with van der Waals surface area (Å²) in [6.45, 7) is 9.00. The molecule has 0 saturated carbocycles. The summed E-state index contributed by atoms with van der Waals surface area (Å²) in [6, 6.07) is 31.9. The zero-order valence-corrected chi connectivity index (χ0v) is 24.6. The standard InChI is InChI=1S/C37H36N4O/c1-36(2)20-27(21-37(3,4)40-36)39-32-19-28(17-16-25(32)23-42)41-33-14-8-6-11-30(33)35-29(12-9-15-34(35)41)26-18-24-10-5-7-13-31(24)38-22-26/h5-19,22-23,27,39-40H,20-21H2,1-4H3. The molecule has 0 bridgehead atoms. The van der Waals surface area contributed by atoms with E-state index in [9.17, 15) is 4.79 Å². The van der Waals surface area contributed by atoms with Crippen LogP contribution in [0, 0.1) is 0 Å². The molecule has 4 aromatic carbocycles. The molecule has 1 fully saturated rings. The molecule has 2 N–H and O–H groups in total. The van der Waals surface area contributed by atoms with Gasteiger partial charge in [-0.25, -0.2) is 0 Å². The molecule has 210 valence electrons. The van der Waals surface area contributed by atoms with E-state index in [1.807, 2.05) is 24.4 Å². The van der Waals surface area contributed by atoms with Crippen LogP contribution in [0.15, 0.2) is 97.2 Å². The highest BCUT2D eigenvalue weighted by Gasteiger charge is 2.37. The highest BCUT2D eigenvalue weighted by molar-refractivity contribution is 6.16. The summed E-state index contributed by atoms with van der Waals surface area (Å²) in [4.78, 5) is 16.9. The van der Waals surface area contributed by atoms with Gasteiger partial charge < -0.3 is 15.2 Å². The van der Waals surface area contributed by atoms with Crippen LogP contribution in [-0.2, 0) is 0 Å². The van der Waals surface area contributed by atoms with Crippen LogP contribution in [0.5, 0.6) is 0 Å². The second kappa shape index (κ2) is 9.81. The monoisotopic (exact) mass is 552 g/mol. The van der Waals surface area contributed by atoms with Gasteiger partial charge in [0.05, 0.1) is 16.6 Å². The minimum absolute atomic E-state index is 0.000770. The Labute approximate surface area is 246 Å². The summed E-state index contributed by atoms with van der Waals surface area (Å²) < 4.78 is 2.32. The number of fused-ring (bicyclic) bond motifs is 4. The number of aldehydes is 1. The number of rotatable bonds is 5. The maximum atomic E-state index is 12.2. The summed E-state index contributed by atoms with van der Waals surface area (Å²) in [5.41, 5.74) is 8.07. The number of benzene rings is 4. The second-order valence-electron chi connectivity index (χ2n) is 13.0. The van der Waals surface area contributed by atoms with Gasteiger partial charge in [0.1, 0.15) is 0 Å². The van der Waals surface area contributed by atoms with Crippen LogP contribution in [0.25, 0.3) is 49.5 Å². The van der Waals surface area contributed by atoms with Crippen molar-refractivity contribution >= 4 is 44.7 Å². The Balaban J connectivity index is 1.39. The first-order valence-corrected chi connectivity index (χ1v) is 14.7. The molecule has 0 aliphatic carbocycles. The fourth-order valence-corrected chi connectivity index (χ4v) is 7.31. The number of carbonyl (C=O) groups excluding carboxylic acids is 1. The molecule has 1 saturated heterocycles. The molecular formula is C37H36N4O. The number of para-hydroxylation sites is 2. The Morgan fingerprint density at radius 2 is 1.60 bits per heavy atom. The van der Waals surface area contributed by atoms with Crippen LogP contribution in [-0.4, -0.2) is 33.0 Å². The Morgan fingerprint density at radius 1 is 0.857 bits per heavy atom. The minimum Gasteiger partial charge on any atom is -0.382 e. The van der Waals surface area contributed by atoms with Gasteiger partial charge in [0.15, 0.2) is 6.29 Å². The number of anilines is 1. The van der Waals surface area contributed by atoms with Crippen LogP contribution < -0.4 is 10.6 Å². The number of piperidine rings is 1. The molecule has 5 heteroatoms. The average Bonchev–Trinajstić information content (AvgIpc) is 3.30. The Kier molecular flexibility index (Phi) is 6.17. The normalized spacial score (nSPS) is 16.7. The predicted molar refractivity (Wildman–Crippen MR) is 175 cm³/mol. The third-order valence-electron chi connectivity index (χ3n) is 8.57. The highest BCUT2D eigenvalue weighted by Crippen LogP contribution is 2.39. The molecule has 6 aromatic rings. The molecule has 0 atom stereocenters. The zero-order chi connectivity index (χ0) is 29.1. The second-order valence-corrected chi connectivity index (χ2v) is 13.0.